The van der Waals surface area contributed by atoms with Crippen LogP contribution in [0, 0.1) is 5.92 Å². The molecule has 0 radical (unpaired) electrons. The SMILES string of the molecule is CCCCCCC(=O)O[C@H]1C2C(=C(C)[C@@H]1OC(=O)/C(C)=C\CCCCOC(=O)CC[C@H](NC(=O)c1ccc(NCc3cnc4nc(N)[nH]c(=O)c4n3)cc1)C(=O)O)[C@@H]1OC(=O)[C@@](C)(O)[C@@]1(O)[C@@H](OC(=O)CCCC)C[C@]2(C)OC(C)=O. The highest BCUT2D eigenvalue weighted by Crippen LogP contribution is 2.57. The van der Waals surface area contributed by atoms with Crippen LogP contribution in [0.2, 0.25) is 0 Å². The maximum absolute atomic E-state index is 14.0. The number of hydrogen-bond acceptors (Lipinski definition) is 22. The molecule has 8 N–H and O–H groups in total. The van der Waals surface area contributed by atoms with Gasteiger partial charge in [-0.15, -0.1) is 0 Å². The molecule has 3 aliphatic rings. The number of nitrogens with zero attached hydrogens (tertiary/aromatic N) is 3. The number of aromatic nitrogens is 4. The zero-order valence-corrected chi connectivity index (χ0v) is 46.6. The molecule has 1 aliphatic heterocycles. The quantitative estimate of drug-likeness (QED) is 0.0181. The number of fused-ring (bicyclic) bond motifs is 4. The number of allylic oxidation sites excluding steroid dienone is 1. The average Bonchev–Trinajstić information content (AvgIpc) is 3.97. The lowest BCUT2D eigenvalue weighted by molar-refractivity contribution is -0.212. The number of hydrogen-bond donors (Lipinski definition) is 7. The number of nitrogen functional groups attached to an aromatic ring is 1. The summed E-state index contributed by atoms with van der Waals surface area (Å²) in [5, 5.41) is 39.8. The van der Waals surface area contributed by atoms with Gasteiger partial charge in [0, 0.05) is 49.4 Å². The smallest absolute Gasteiger partial charge is 0.341 e. The highest BCUT2D eigenvalue weighted by molar-refractivity contribution is 5.97. The Kier molecular flexibility index (Phi) is 20.9. The summed E-state index contributed by atoms with van der Waals surface area (Å²) >= 11 is 0. The normalized spacial score (nSPS) is 24.4. The van der Waals surface area contributed by atoms with E-state index in [0.29, 0.717) is 49.9 Å². The number of aromatic amines is 1. The van der Waals surface area contributed by atoms with Gasteiger partial charge in [0.25, 0.3) is 11.5 Å². The molecule has 2 fully saturated rings. The van der Waals surface area contributed by atoms with Crippen LogP contribution in [0.5, 0.6) is 0 Å². The van der Waals surface area contributed by atoms with E-state index in [2.05, 4.69) is 30.6 Å². The first-order chi connectivity index (χ1) is 38.3. The third-order valence-corrected chi connectivity index (χ3v) is 14.8. The van der Waals surface area contributed by atoms with E-state index < -0.39 is 113 Å². The van der Waals surface area contributed by atoms with Gasteiger partial charge in [0.2, 0.25) is 5.95 Å². The van der Waals surface area contributed by atoms with Crippen molar-refractivity contribution in [2.24, 2.45) is 5.92 Å². The van der Waals surface area contributed by atoms with E-state index >= 15 is 0 Å². The number of benzene rings is 1. The van der Waals surface area contributed by atoms with Crippen LogP contribution in [0.4, 0.5) is 11.6 Å². The van der Waals surface area contributed by atoms with Crippen LogP contribution in [0.1, 0.15) is 154 Å². The molecule has 1 unspecified atom stereocenters. The van der Waals surface area contributed by atoms with Gasteiger partial charge >= 0.3 is 41.8 Å². The number of carbonyl (C=O) groups excluding carboxylic acids is 7. The molecule has 1 saturated carbocycles. The maximum Gasteiger partial charge on any atom is 0.341 e. The third kappa shape index (κ3) is 14.8. The fraction of sp³-hybridized carbons (Fsp3) is 0.571. The third-order valence-electron chi connectivity index (χ3n) is 14.8. The Morgan fingerprint density at radius 3 is 2.26 bits per heavy atom. The molecule has 440 valence electrons. The van der Waals surface area contributed by atoms with Crippen LogP contribution in [-0.4, -0.2) is 137 Å². The van der Waals surface area contributed by atoms with Gasteiger partial charge in [-0.05, 0) is 102 Å². The fourth-order valence-corrected chi connectivity index (χ4v) is 10.4. The van der Waals surface area contributed by atoms with Crippen LogP contribution < -0.4 is 21.9 Å². The Morgan fingerprint density at radius 2 is 1.58 bits per heavy atom. The molecule has 25 nitrogen and oxygen atoms in total. The standard InChI is InChI=1S/C56H73N7O18/c1-8-10-12-15-19-40(67)78-45-42-41(46-56(75,55(7,74)52(73)80-46)37(77-39(66)18-11-9-2)27-54(42,6)81-32(5)64)31(4)44(45)79-51(72)30(3)17-14-13-16-26-76-38(65)25-24-36(50(70)71)61-48(68)33-20-22-34(23-21-33)58-28-35-29-59-47-43(60-35)49(69)63-53(57)62-47/h17,20-23,29,36-37,42,44-46,58,74-75H,8-16,18-19,24-28H2,1-7H3,(H,61,68)(H,70,71)(H3,57,59,62,63,69)/b30-17-/t36-,37-,42?,44-,45-,46-,54-,55+,56+/m0/s1. The van der Waals surface area contributed by atoms with Crippen LogP contribution >= 0.6 is 0 Å². The first kappa shape index (κ1) is 62.4. The van der Waals surface area contributed by atoms with Crippen LogP contribution in [0.15, 0.2) is 58.1 Å². The second-order valence-corrected chi connectivity index (χ2v) is 21.0. The van der Waals surface area contributed by atoms with Crippen molar-refractivity contribution in [3.8, 4) is 0 Å². The van der Waals surface area contributed by atoms with Crippen molar-refractivity contribution < 1.29 is 82.1 Å². The molecule has 0 spiro atoms. The molecule has 3 heterocycles. The van der Waals surface area contributed by atoms with Gasteiger partial charge in [0.1, 0.15) is 17.7 Å². The molecular formula is C56H73N7O18. The Hall–Kier alpha value is -7.80. The minimum atomic E-state index is -2.68. The molecule has 1 aromatic carbocycles. The molecule has 1 amide bonds. The van der Waals surface area contributed by atoms with Gasteiger partial charge in [-0.3, -0.25) is 33.8 Å². The number of nitrogens with two attached hydrogens (primary N) is 1. The lowest BCUT2D eigenvalue weighted by atomic mass is 9.75. The minimum absolute atomic E-state index is 0.0156. The Balaban J connectivity index is 1.05. The summed E-state index contributed by atoms with van der Waals surface area (Å²) in [6, 6.07) is 4.71. The Labute approximate surface area is 467 Å². The van der Waals surface area contributed by atoms with Gasteiger partial charge in [0.05, 0.1) is 31.0 Å². The fourth-order valence-electron chi connectivity index (χ4n) is 10.4. The van der Waals surface area contributed by atoms with Gasteiger partial charge in [-0.25, -0.2) is 24.4 Å². The van der Waals surface area contributed by atoms with Crippen molar-refractivity contribution >= 4 is 70.5 Å². The van der Waals surface area contributed by atoms with Gasteiger partial charge in [-0.1, -0.05) is 45.6 Å². The number of anilines is 2. The number of unbranched alkanes of at least 4 members (excludes halogenated alkanes) is 6. The molecular weight excluding hydrogens is 1060 g/mol. The lowest BCUT2D eigenvalue weighted by Gasteiger charge is -2.41. The Morgan fingerprint density at radius 1 is 0.889 bits per heavy atom. The van der Waals surface area contributed by atoms with E-state index in [1.165, 1.54) is 39.1 Å². The number of carbonyl (C=O) groups is 8. The van der Waals surface area contributed by atoms with E-state index in [-0.39, 0.29) is 78.2 Å². The predicted octanol–water partition coefficient (Wildman–Crippen LogP) is 4.51. The summed E-state index contributed by atoms with van der Waals surface area (Å²) < 4.78 is 35.3. The van der Waals surface area contributed by atoms with E-state index in [1.54, 1.807) is 18.2 Å². The highest BCUT2D eigenvalue weighted by atomic mass is 16.6. The van der Waals surface area contributed by atoms with E-state index in [9.17, 15) is 58.5 Å². The van der Waals surface area contributed by atoms with E-state index in [1.807, 2.05) is 13.8 Å². The number of aliphatic hydroxyl groups is 2. The first-order valence-corrected chi connectivity index (χ1v) is 27.2. The largest absolute Gasteiger partial charge is 0.480 e. The van der Waals surface area contributed by atoms with Crippen molar-refractivity contribution in [2.45, 2.75) is 192 Å². The second kappa shape index (κ2) is 27.1. The van der Waals surface area contributed by atoms with Crippen molar-refractivity contribution in [3.05, 3.63) is 74.9 Å². The summed E-state index contributed by atoms with van der Waals surface area (Å²) in [4.78, 5) is 132. The molecule has 25 heteroatoms. The van der Waals surface area contributed by atoms with Gasteiger partial charge in [-0.2, -0.15) is 4.98 Å². The average molecular weight is 1130 g/mol. The highest BCUT2D eigenvalue weighted by Gasteiger charge is 2.76. The predicted molar refractivity (Wildman–Crippen MR) is 287 cm³/mol. The molecule has 1 saturated heterocycles. The van der Waals surface area contributed by atoms with Gasteiger partial charge < -0.3 is 60.1 Å². The van der Waals surface area contributed by atoms with Crippen molar-refractivity contribution in [3.63, 3.8) is 0 Å². The Bertz CT molecular complexity index is 2980. The zero-order valence-electron chi connectivity index (χ0n) is 46.6. The van der Waals surface area contributed by atoms with Crippen LogP contribution in [0.3, 0.4) is 0 Å². The summed E-state index contributed by atoms with van der Waals surface area (Å²) in [6.07, 6.45) is 0.706. The van der Waals surface area contributed by atoms with Crippen molar-refractivity contribution in [1.29, 1.82) is 0 Å². The number of H-pyrrole nitrogens is 1. The molecule has 6 rings (SSSR count). The molecule has 0 bridgehead atoms. The van der Waals surface area contributed by atoms with E-state index in [4.69, 9.17) is 34.2 Å². The number of nitrogens with one attached hydrogen (secondary N) is 3. The maximum atomic E-state index is 14.0. The molecule has 81 heavy (non-hydrogen) atoms. The minimum Gasteiger partial charge on any atom is -0.480 e. The monoisotopic (exact) mass is 1130 g/mol. The summed E-state index contributed by atoms with van der Waals surface area (Å²) in [6.45, 7) is 10.7. The second-order valence-electron chi connectivity index (χ2n) is 21.0. The van der Waals surface area contributed by atoms with Crippen molar-refractivity contribution in [2.75, 3.05) is 17.7 Å². The zero-order chi connectivity index (χ0) is 59.4. The number of carboxylic acid groups (broad SMARTS) is 1. The van der Waals surface area contributed by atoms with Crippen LogP contribution in [0.25, 0.3) is 11.2 Å². The lowest BCUT2D eigenvalue weighted by Crippen LogP contribution is -2.64. The van der Waals surface area contributed by atoms with Crippen molar-refractivity contribution in [1.82, 2.24) is 25.3 Å². The first-order valence-electron chi connectivity index (χ1n) is 27.2. The number of amides is 1. The number of rotatable bonds is 27. The number of esters is 6. The topological polar surface area (TPSA) is 374 Å². The number of aliphatic carboxylic acids is 1. The molecule has 3 aromatic rings. The number of ether oxygens (including phenoxy) is 6. The summed E-state index contributed by atoms with van der Waals surface area (Å²) in [5.41, 5.74) is -0.495. The van der Waals surface area contributed by atoms with Crippen LogP contribution in [-0.2, 0) is 68.5 Å². The van der Waals surface area contributed by atoms with Gasteiger partial charge in [0.15, 0.2) is 40.7 Å². The summed E-state index contributed by atoms with van der Waals surface area (Å²) in [7, 11) is 0. The summed E-state index contributed by atoms with van der Waals surface area (Å²) in [5.74, 6) is -8.39. The molecule has 9 atom stereocenters. The number of carboxylic acids is 1. The molecule has 2 aromatic heterocycles. The molecule has 2 aliphatic carbocycles. The van der Waals surface area contributed by atoms with E-state index in [0.717, 1.165) is 33.1 Å².